The minimum absolute atomic E-state index is 0.0767. The second kappa shape index (κ2) is 8.88. The molecular weight excluding hydrogens is 436 g/mol. The molecule has 0 aliphatic carbocycles. The van der Waals surface area contributed by atoms with Crippen molar-refractivity contribution < 1.29 is 14.2 Å². The fourth-order valence-electron chi connectivity index (χ4n) is 2.20. The van der Waals surface area contributed by atoms with E-state index in [0.717, 1.165) is 15.7 Å². The van der Waals surface area contributed by atoms with Crippen molar-refractivity contribution in [1.29, 1.82) is 0 Å². The highest BCUT2D eigenvalue weighted by Gasteiger charge is 2.12. The maximum atomic E-state index is 6.24. The number of benzene rings is 1. The molecule has 140 valence electrons. The van der Waals surface area contributed by atoms with Gasteiger partial charge in [-0.3, -0.25) is 0 Å². The summed E-state index contributed by atoms with van der Waals surface area (Å²) in [5, 5.41) is 3.87. The molecule has 1 N–H and O–H groups in total. The van der Waals surface area contributed by atoms with Crippen molar-refractivity contribution in [2.75, 3.05) is 19.5 Å². The Morgan fingerprint density at radius 3 is 2.48 bits per heavy atom. The van der Waals surface area contributed by atoms with Crippen molar-refractivity contribution in [3.8, 4) is 23.7 Å². The van der Waals surface area contributed by atoms with E-state index >= 15 is 0 Å². The number of nitrogens with one attached hydrogen (secondary N) is 1. The smallest absolute Gasteiger partial charge is 0.330 e. The number of ether oxygens (including phenoxy) is 3. The average Bonchev–Trinajstić information content (AvgIpc) is 2.68. The van der Waals surface area contributed by atoms with Gasteiger partial charge < -0.3 is 19.5 Å². The first-order chi connectivity index (χ1) is 13.1. The average molecular weight is 452 g/mol. The maximum absolute atomic E-state index is 6.24. The summed E-state index contributed by atoms with van der Waals surface area (Å²) in [5.41, 5.74) is 1.61. The molecule has 0 aliphatic heterocycles. The van der Waals surface area contributed by atoms with Gasteiger partial charge >= 0.3 is 6.01 Å². The fourth-order valence-corrected chi connectivity index (χ4v) is 2.94. The van der Waals surface area contributed by atoms with E-state index in [9.17, 15) is 0 Å². The van der Waals surface area contributed by atoms with Crippen molar-refractivity contribution in [2.45, 2.75) is 6.54 Å². The minimum atomic E-state index is 0.0767. The van der Waals surface area contributed by atoms with Gasteiger partial charge in [-0.15, -0.1) is 0 Å². The van der Waals surface area contributed by atoms with Gasteiger partial charge in [0.15, 0.2) is 0 Å². The van der Waals surface area contributed by atoms with E-state index < -0.39 is 0 Å². The fraction of sp³-hybridized carbons (Fsp3) is 0.167. The highest BCUT2D eigenvalue weighted by Crippen LogP contribution is 2.28. The Hall–Kier alpha value is -2.58. The zero-order valence-electron chi connectivity index (χ0n) is 14.6. The largest absolute Gasteiger partial charge is 0.481 e. The molecule has 0 radical (unpaired) electrons. The van der Waals surface area contributed by atoms with E-state index in [4.69, 9.17) is 25.8 Å². The number of pyridine rings is 1. The number of nitrogens with zero attached hydrogens (tertiary/aromatic N) is 3. The molecule has 0 spiro atoms. The summed E-state index contributed by atoms with van der Waals surface area (Å²) < 4.78 is 16.9. The lowest BCUT2D eigenvalue weighted by Gasteiger charge is -2.12. The van der Waals surface area contributed by atoms with Crippen molar-refractivity contribution in [1.82, 2.24) is 15.0 Å². The van der Waals surface area contributed by atoms with Gasteiger partial charge in [0.2, 0.25) is 17.6 Å². The molecule has 3 aromatic rings. The standard InChI is InChI=1S/C18H16BrClN4O3/c1-25-15-9-16(26-2)24-18(23-15)27-17-11(4-3-7-21-17)10-22-14-6-5-12(19)8-13(14)20/h3-9,22H,10H2,1-2H3. The summed E-state index contributed by atoms with van der Waals surface area (Å²) in [6, 6.07) is 11.0. The van der Waals surface area contributed by atoms with Gasteiger partial charge in [-0.25, -0.2) is 4.98 Å². The van der Waals surface area contributed by atoms with E-state index in [1.54, 1.807) is 12.3 Å². The summed E-state index contributed by atoms with van der Waals surface area (Å²) >= 11 is 9.63. The van der Waals surface area contributed by atoms with Crippen LogP contribution in [-0.2, 0) is 6.54 Å². The number of aromatic nitrogens is 3. The predicted octanol–water partition coefficient (Wildman–Crippen LogP) is 4.71. The zero-order chi connectivity index (χ0) is 19.2. The Bertz CT molecular complexity index is 920. The summed E-state index contributed by atoms with van der Waals surface area (Å²) in [4.78, 5) is 12.6. The van der Waals surface area contributed by atoms with Crippen LogP contribution in [0.3, 0.4) is 0 Å². The molecule has 0 bridgehead atoms. The van der Waals surface area contributed by atoms with Gasteiger partial charge in [0.1, 0.15) is 0 Å². The monoisotopic (exact) mass is 450 g/mol. The molecule has 0 saturated heterocycles. The van der Waals surface area contributed by atoms with Crippen molar-refractivity contribution >= 4 is 33.2 Å². The van der Waals surface area contributed by atoms with Gasteiger partial charge in [0, 0.05) is 22.8 Å². The summed E-state index contributed by atoms with van der Waals surface area (Å²) in [6.45, 7) is 0.450. The first-order valence-electron chi connectivity index (χ1n) is 7.87. The lowest BCUT2D eigenvalue weighted by atomic mass is 10.2. The molecule has 0 unspecified atom stereocenters. The van der Waals surface area contributed by atoms with Crippen LogP contribution in [0.25, 0.3) is 0 Å². The third-order valence-electron chi connectivity index (χ3n) is 3.52. The molecule has 0 atom stereocenters. The summed E-state index contributed by atoms with van der Waals surface area (Å²) in [7, 11) is 3.01. The minimum Gasteiger partial charge on any atom is -0.481 e. The number of methoxy groups -OCH3 is 2. The third kappa shape index (κ3) is 4.99. The Morgan fingerprint density at radius 1 is 1.07 bits per heavy atom. The van der Waals surface area contributed by atoms with Crippen LogP contribution in [0.2, 0.25) is 5.02 Å². The Balaban J connectivity index is 1.80. The van der Waals surface area contributed by atoms with Gasteiger partial charge in [-0.2, -0.15) is 9.97 Å². The van der Waals surface area contributed by atoms with E-state index in [1.807, 2.05) is 30.3 Å². The van der Waals surface area contributed by atoms with Crippen LogP contribution in [0.15, 0.2) is 47.1 Å². The molecule has 2 heterocycles. The van der Waals surface area contributed by atoms with Gasteiger partial charge in [-0.05, 0) is 24.3 Å². The van der Waals surface area contributed by atoms with Crippen LogP contribution in [0.1, 0.15) is 5.56 Å². The first kappa shape index (κ1) is 19.2. The van der Waals surface area contributed by atoms with Crippen LogP contribution in [0.5, 0.6) is 23.7 Å². The van der Waals surface area contributed by atoms with Crippen molar-refractivity contribution in [2.24, 2.45) is 0 Å². The van der Waals surface area contributed by atoms with Gasteiger partial charge in [-0.1, -0.05) is 33.6 Å². The number of rotatable bonds is 7. The number of halogens is 2. The summed E-state index contributed by atoms with van der Waals surface area (Å²) in [6.07, 6.45) is 1.63. The third-order valence-corrected chi connectivity index (χ3v) is 4.32. The molecule has 0 saturated carbocycles. The van der Waals surface area contributed by atoms with Crippen LogP contribution >= 0.6 is 27.5 Å². The maximum Gasteiger partial charge on any atom is 0.330 e. The molecule has 27 heavy (non-hydrogen) atoms. The number of hydrogen-bond donors (Lipinski definition) is 1. The molecule has 3 rings (SSSR count). The Labute approximate surface area is 169 Å². The van der Waals surface area contributed by atoms with Crippen LogP contribution in [0, 0.1) is 0 Å². The van der Waals surface area contributed by atoms with Crippen molar-refractivity contribution in [3.05, 3.63) is 57.7 Å². The van der Waals surface area contributed by atoms with Crippen LogP contribution < -0.4 is 19.5 Å². The molecule has 0 amide bonds. The number of hydrogen-bond acceptors (Lipinski definition) is 7. The highest BCUT2D eigenvalue weighted by molar-refractivity contribution is 9.10. The molecule has 9 heteroatoms. The lowest BCUT2D eigenvalue weighted by molar-refractivity contribution is 0.344. The van der Waals surface area contributed by atoms with Gasteiger partial charge in [0.25, 0.3) is 0 Å². The van der Waals surface area contributed by atoms with Crippen LogP contribution in [0.4, 0.5) is 5.69 Å². The second-order valence-electron chi connectivity index (χ2n) is 5.28. The summed E-state index contributed by atoms with van der Waals surface area (Å²) in [5.74, 6) is 1.02. The molecule has 2 aromatic heterocycles. The lowest BCUT2D eigenvalue weighted by Crippen LogP contribution is -2.04. The molecule has 1 aromatic carbocycles. The molecule has 7 nitrogen and oxygen atoms in total. The predicted molar refractivity (Wildman–Crippen MR) is 106 cm³/mol. The Morgan fingerprint density at radius 2 is 1.81 bits per heavy atom. The molecular formula is C18H16BrClN4O3. The highest BCUT2D eigenvalue weighted by atomic mass is 79.9. The van der Waals surface area contributed by atoms with E-state index in [2.05, 4.69) is 36.2 Å². The second-order valence-corrected chi connectivity index (χ2v) is 6.61. The Kier molecular flexibility index (Phi) is 6.31. The quantitative estimate of drug-likeness (QED) is 0.557. The topological polar surface area (TPSA) is 78.4 Å². The molecule has 0 fully saturated rings. The van der Waals surface area contributed by atoms with Gasteiger partial charge in [0.05, 0.1) is 31.0 Å². The van der Waals surface area contributed by atoms with Crippen LogP contribution in [-0.4, -0.2) is 29.2 Å². The normalized spacial score (nSPS) is 10.4. The zero-order valence-corrected chi connectivity index (χ0v) is 16.9. The van der Waals surface area contributed by atoms with E-state index in [0.29, 0.717) is 29.2 Å². The van der Waals surface area contributed by atoms with E-state index in [1.165, 1.54) is 14.2 Å². The SMILES string of the molecule is COc1cc(OC)nc(Oc2ncccc2CNc2ccc(Br)cc2Cl)n1. The van der Waals surface area contributed by atoms with Crippen molar-refractivity contribution in [3.63, 3.8) is 0 Å². The molecule has 0 aliphatic rings. The number of anilines is 1. The van der Waals surface area contributed by atoms with E-state index in [-0.39, 0.29) is 6.01 Å². The first-order valence-corrected chi connectivity index (χ1v) is 9.04.